The number of rotatable bonds is 2. The van der Waals surface area contributed by atoms with Crippen molar-refractivity contribution in [3.05, 3.63) is 32.3 Å². The lowest BCUT2D eigenvalue weighted by atomic mass is 10.1. The Bertz CT molecular complexity index is 504. The molecule has 1 aromatic rings. The summed E-state index contributed by atoms with van der Waals surface area (Å²) in [5.74, 6) is -0.464. The maximum absolute atomic E-state index is 10.9. The molecule has 1 aromatic carbocycles. The fraction of sp³-hybridized carbons (Fsp3) is 0.222. The molecule has 1 atom stereocenters. The van der Waals surface area contributed by atoms with Gasteiger partial charge in [-0.1, -0.05) is 15.9 Å². The van der Waals surface area contributed by atoms with Crippen molar-refractivity contribution in [1.29, 1.82) is 0 Å². The first kappa shape index (κ1) is 11.6. The summed E-state index contributed by atoms with van der Waals surface area (Å²) < 4.78 is 5.11. The van der Waals surface area contributed by atoms with Gasteiger partial charge in [-0.3, -0.25) is 10.1 Å². The summed E-state index contributed by atoms with van der Waals surface area (Å²) in [4.78, 5) is 20.9. The number of amides is 1. The van der Waals surface area contributed by atoms with Gasteiger partial charge in [-0.15, -0.1) is 0 Å². The van der Waals surface area contributed by atoms with Crippen LogP contribution in [0, 0.1) is 10.1 Å². The zero-order valence-corrected chi connectivity index (χ0v) is 9.93. The van der Waals surface area contributed by atoms with Crippen LogP contribution in [0.5, 0.6) is 5.75 Å². The summed E-state index contributed by atoms with van der Waals surface area (Å²) in [5, 5.41) is 22.9. The molecule has 1 fully saturated rings. The number of hydrogen-bond acceptors (Lipinski definition) is 5. The summed E-state index contributed by atoms with van der Waals surface area (Å²) in [5.41, 5.74) is -0.174. The Kier molecular flexibility index (Phi) is 2.88. The molecule has 1 aliphatic rings. The van der Waals surface area contributed by atoms with Crippen LogP contribution in [-0.4, -0.2) is 22.7 Å². The van der Waals surface area contributed by atoms with E-state index < -0.39 is 28.5 Å². The molecule has 2 N–H and O–H groups in total. The van der Waals surface area contributed by atoms with Gasteiger partial charge in [0.1, 0.15) is 6.61 Å². The van der Waals surface area contributed by atoms with Crippen molar-refractivity contribution < 1.29 is 19.6 Å². The van der Waals surface area contributed by atoms with E-state index in [0.717, 1.165) is 0 Å². The van der Waals surface area contributed by atoms with Crippen LogP contribution in [0.4, 0.5) is 10.5 Å². The first-order valence-electron chi connectivity index (χ1n) is 4.59. The van der Waals surface area contributed by atoms with Gasteiger partial charge in [-0.2, -0.15) is 0 Å². The SMILES string of the molecule is O=C1N[C@@H](c2cc(Br)cc([N+](=O)[O-])c2O)CO1. The van der Waals surface area contributed by atoms with Gasteiger partial charge < -0.3 is 15.2 Å². The maximum Gasteiger partial charge on any atom is 0.407 e. The second-order valence-corrected chi connectivity index (χ2v) is 4.33. The zero-order chi connectivity index (χ0) is 12.6. The largest absolute Gasteiger partial charge is 0.502 e. The van der Waals surface area contributed by atoms with Gasteiger partial charge in [0.05, 0.1) is 11.0 Å². The number of nitrogens with zero attached hydrogens (tertiary/aromatic N) is 1. The van der Waals surface area contributed by atoms with E-state index in [-0.39, 0.29) is 12.2 Å². The van der Waals surface area contributed by atoms with Crippen LogP contribution < -0.4 is 5.32 Å². The van der Waals surface area contributed by atoms with E-state index >= 15 is 0 Å². The van der Waals surface area contributed by atoms with Gasteiger partial charge in [0, 0.05) is 16.1 Å². The highest BCUT2D eigenvalue weighted by Gasteiger charge is 2.30. The van der Waals surface area contributed by atoms with Crippen molar-refractivity contribution in [2.45, 2.75) is 6.04 Å². The highest BCUT2D eigenvalue weighted by Crippen LogP contribution is 2.37. The molecule has 0 bridgehead atoms. The monoisotopic (exact) mass is 302 g/mol. The van der Waals surface area contributed by atoms with Crippen molar-refractivity contribution in [3.63, 3.8) is 0 Å². The summed E-state index contributed by atoms with van der Waals surface area (Å²) in [6.45, 7) is 0.0278. The number of carbonyl (C=O) groups is 1. The number of aromatic hydroxyl groups is 1. The van der Waals surface area contributed by atoms with Crippen LogP contribution in [0.1, 0.15) is 11.6 Å². The minimum absolute atomic E-state index is 0.0278. The number of carbonyl (C=O) groups excluding carboxylic acids is 1. The molecule has 0 aromatic heterocycles. The third-order valence-electron chi connectivity index (χ3n) is 2.33. The lowest BCUT2D eigenvalue weighted by Crippen LogP contribution is -2.18. The van der Waals surface area contributed by atoms with Crippen LogP contribution in [-0.2, 0) is 4.74 Å². The van der Waals surface area contributed by atoms with Gasteiger partial charge >= 0.3 is 11.8 Å². The van der Waals surface area contributed by atoms with Gasteiger partial charge in [0.25, 0.3) is 0 Å². The second-order valence-electron chi connectivity index (χ2n) is 3.42. The maximum atomic E-state index is 10.9. The Balaban J connectivity index is 2.46. The number of nitrogens with one attached hydrogen (secondary N) is 1. The van der Waals surface area contributed by atoms with Crippen molar-refractivity contribution in [2.75, 3.05) is 6.61 Å². The number of nitro groups is 1. The standard InChI is InChI=1S/C9H7BrN2O5/c10-4-1-5(6-3-17-9(14)11-6)8(13)7(2-4)12(15)16/h1-2,6,13H,3H2,(H,11,14)/t6-/m1/s1. The molecule has 1 heterocycles. The number of benzene rings is 1. The molecule has 0 saturated carbocycles. The average molecular weight is 303 g/mol. The predicted octanol–water partition coefficient (Wildman–Crippen LogP) is 1.84. The fourth-order valence-corrected chi connectivity index (χ4v) is 2.03. The number of ether oxygens (including phenoxy) is 1. The minimum Gasteiger partial charge on any atom is -0.502 e. The molecule has 0 unspecified atom stereocenters. The third-order valence-corrected chi connectivity index (χ3v) is 2.79. The van der Waals surface area contributed by atoms with Crippen molar-refractivity contribution in [3.8, 4) is 5.75 Å². The normalized spacial score (nSPS) is 18.6. The summed E-state index contributed by atoms with van der Waals surface area (Å²) in [7, 11) is 0. The van der Waals surface area contributed by atoms with E-state index in [2.05, 4.69) is 26.0 Å². The van der Waals surface area contributed by atoms with Gasteiger partial charge in [0.2, 0.25) is 0 Å². The third kappa shape index (κ3) is 2.16. The first-order valence-corrected chi connectivity index (χ1v) is 5.38. The number of hydrogen-bond donors (Lipinski definition) is 2. The molecule has 0 radical (unpaired) electrons. The number of nitro benzene ring substituents is 1. The Hall–Kier alpha value is -1.83. The highest BCUT2D eigenvalue weighted by molar-refractivity contribution is 9.10. The summed E-state index contributed by atoms with van der Waals surface area (Å²) in [6, 6.07) is 2.11. The van der Waals surface area contributed by atoms with Gasteiger partial charge in [-0.05, 0) is 6.07 Å². The number of halogens is 1. The molecule has 7 nitrogen and oxygen atoms in total. The molecule has 17 heavy (non-hydrogen) atoms. The topological polar surface area (TPSA) is 102 Å². The van der Waals surface area contributed by atoms with Crippen LogP contribution >= 0.6 is 15.9 Å². The first-order chi connectivity index (χ1) is 7.99. The Morgan fingerprint density at radius 2 is 2.29 bits per heavy atom. The van der Waals surface area contributed by atoms with Crippen molar-refractivity contribution >= 4 is 27.7 Å². The molecule has 0 aliphatic carbocycles. The molecule has 1 amide bonds. The molecule has 8 heteroatoms. The van der Waals surface area contributed by atoms with E-state index in [9.17, 15) is 20.0 Å². The predicted molar refractivity (Wildman–Crippen MR) is 59.7 cm³/mol. The van der Waals surface area contributed by atoms with Crippen LogP contribution in [0.25, 0.3) is 0 Å². The number of cyclic esters (lactones) is 1. The Morgan fingerprint density at radius 3 is 2.82 bits per heavy atom. The number of phenols is 1. The minimum atomic E-state index is -0.693. The van der Waals surface area contributed by atoms with E-state index in [0.29, 0.717) is 4.47 Å². The van der Waals surface area contributed by atoms with Crippen LogP contribution in [0.2, 0.25) is 0 Å². The molecular formula is C9H7BrN2O5. The fourth-order valence-electron chi connectivity index (χ4n) is 1.56. The van der Waals surface area contributed by atoms with Crippen LogP contribution in [0.3, 0.4) is 0 Å². The van der Waals surface area contributed by atoms with Gasteiger partial charge in [-0.25, -0.2) is 4.79 Å². The Labute approximate surface area is 104 Å². The van der Waals surface area contributed by atoms with Crippen LogP contribution in [0.15, 0.2) is 16.6 Å². The molecular weight excluding hydrogens is 296 g/mol. The second kappa shape index (κ2) is 4.21. The van der Waals surface area contributed by atoms with E-state index in [1.54, 1.807) is 0 Å². The lowest BCUT2D eigenvalue weighted by Gasteiger charge is -2.10. The summed E-state index contributed by atoms with van der Waals surface area (Å²) in [6.07, 6.45) is -0.614. The van der Waals surface area contributed by atoms with E-state index in [4.69, 9.17) is 0 Å². The molecule has 1 saturated heterocycles. The number of alkyl carbamates (subject to hydrolysis) is 1. The van der Waals surface area contributed by atoms with Gasteiger partial charge in [0.15, 0.2) is 5.75 Å². The molecule has 0 spiro atoms. The smallest absolute Gasteiger partial charge is 0.407 e. The van der Waals surface area contributed by atoms with Crippen molar-refractivity contribution in [2.24, 2.45) is 0 Å². The quantitative estimate of drug-likeness (QED) is 0.641. The van der Waals surface area contributed by atoms with E-state index in [1.165, 1.54) is 12.1 Å². The zero-order valence-electron chi connectivity index (χ0n) is 8.34. The van der Waals surface area contributed by atoms with E-state index in [1.807, 2.05) is 0 Å². The number of phenolic OH excluding ortho intramolecular Hbond substituents is 1. The molecule has 90 valence electrons. The highest BCUT2D eigenvalue weighted by atomic mass is 79.9. The molecule has 2 rings (SSSR count). The van der Waals surface area contributed by atoms with Crippen molar-refractivity contribution in [1.82, 2.24) is 5.32 Å². The average Bonchev–Trinajstić information content (AvgIpc) is 2.67. The Morgan fingerprint density at radius 1 is 1.59 bits per heavy atom. The lowest BCUT2D eigenvalue weighted by molar-refractivity contribution is -0.386. The summed E-state index contributed by atoms with van der Waals surface area (Å²) >= 11 is 3.11. The molecule has 1 aliphatic heterocycles.